The molecule has 0 spiro atoms. The minimum atomic E-state index is 0.153. The van der Waals surface area contributed by atoms with Crippen molar-refractivity contribution in [2.75, 3.05) is 31.1 Å². The Morgan fingerprint density at radius 3 is 2.14 bits per heavy atom. The molecule has 1 saturated carbocycles. The lowest BCUT2D eigenvalue weighted by molar-refractivity contribution is 0.0498. The van der Waals surface area contributed by atoms with E-state index in [0.29, 0.717) is 35.8 Å². The molecule has 0 amide bonds. The van der Waals surface area contributed by atoms with Gasteiger partial charge in [0.15, 0.2) is 5.82 Å². The molecule has 2 bridgehead atoms. The van der Waals surface area contributed by atoms with Crippen molar-refractivity contribution in [2.45, 2.75) is 94.8 Å². The number of anilines is 1. The Hall–Kier alpha value is -1.92. The van der Waals surface area contributed by atoms with Gasteiger partial charge in [-0.2, -0.15) is 0 Å². The van der Waals surface area contributed by atoms with Gasteiger partial charge in [0.2, 0.25) is 0 Å². The predicted octanol–water partition coefficient (Wildman–Crippen LogP) is 4.33. The molecular formula is C29H41N5O. The Kier molecular flexibility index (Phi) is 5.85. The summed E-state index contributed by atoms with van der Waals surface area (Å²) >= 11 is 0. The van der Waals surface area contributed by atoms with E-state index in [9.17, 15) is 4.79 Å². The molecule has 1 aromatic carbocycles. The first-order valence-electron chi connectivity index (χ1n) is 14.5. The molecule has 1 N–H and O–H groups in total. The maximum atomic E-state index is 14.1. The van der Waals surface area contributed by atoms with Gasteiger partial charge in [0, 0.05) is 50.3 Å². The van der Waals surface area contributed by atoms with Gasteiger partial charge in [-0.1, -0.05) is 44.2 Å². The summed E-state index contributed by atoms with van der Waals surface area (Å²) in [6.45, 7) is 4.07. The van der Waals surface area contributed by atoms with Crippen molar-refractivity contribution in [3.8, 4) is 0 Å². The Labute approximate surface area is 209 Å². The first kappa shape index (κ1) is 22.3. The molecule has 1 aliphatic carbocycles. The lowest BCUT2D eigenvalue weighted by Gasteiger charge is -2.45. The summed E-state index contributed by atoms with van der Waals surface area (Å²) in [5, 5.41) is 3.52. The Balaban J connectivity index is 1.21. The van der Waals surface area contributed by atoms with Crippen LogP contribution in [0.5, 0.6) is 0 Å². The molecule has 5 aliphatic rings. The predicted molar refractivity (Wildman–Crippen MR) is 141 cm³/mol. The van der Waals surface area contributed by atoms with Crippen LogP contribution in [0.1, 0.15) is 76.7 Å². The lowest BCUT2D eigenvalue weighted by atomic mass is 9.89. The number of fused-ring (bicyclic) bond motifs is 4. The van der Waals surface area contributed by atoms with E-state index in [1.54, 1.807) is 0 Å². The van der Waals surface area contributed by atoms with Crippen molar-refractivity contribution < 1.29 is 0 Å². The zero-order valence-electron chi connectivity index (χ0n) is 21.1. The lowest BCUT2D eigenvalue weighted by Crippen LogP contribution is -2.50. The van der Waals surface area contributed by atoms with Gasteiger partial charge in [0.1, 0.15) is 0 Å². The van der Waals surface area contributed by atoms with Gasteiger partial charge in [0.05, 0.1) is 11.0 Å². The number of hydrogen-bond acceptors (Lipinski definition) is 5. The second-order valence-corrected chi connectivity index (χ2v) is 12.1. The molecule has 4 atom stereocenters. The number of para-hydroxylation sites is 2. The van der Waals surface area contributed by atoms with Crippen LogP contribution in [-0.4, -0.2) is 58.8 Å². The third-order valence-corrected chi connectivity index (χ3v) is 10.1. The summed E-state index contributed by atoms with van der Waals surface area (Å²) in [6, 6.07) is 10.7. The zero-order chi connectivity index (χ0) is 23.4. The molecule has 4 aliphatic heterocycles. The topological polar surface area (TPSA) is 53.4 Å². The van der Waals surface area contributed by atoms with Crippen molar-refractivity contribution in [2.24, 2.45) is 11.8 Å². The SMILES string of the molecule is O=c1c(N2CC3CNCC3C2)nc2ccccc2n1C1CC2CCC(C1)N2C1CCCCCCC1. The first-order valence-corrected chi connectivity index (χ1v) is 14.5. The molecule has 1 aromatic heterocycles. The number of piperidine rings is 1. The zero-order valence-corrected chi connectivity index (χ0v) is 21.1. The normalized spacial score (nSPS) is 34.3. The molecule has 4 unspecified atom stereocenters. The van der Waals surface area contributed by atoms with Gasteiger partial charge < -0.3 is 14.8 Å². The largest absolute Gasteiger partial charge is 0.351 e. The molecule has 0 radical (unpaired) electrons. The van der Waals surface area contributed by atoms with E-state index in [0.717, 1.165) is 56.1 Å². The molecule has 35 heavy (non-hydrogen) atoms. The van der Waals surface area contributed by atoms with Crippen molar-refractivity contribution in [1.29, 1.82) is 0 Å². The van der Waals surface area contributed by atoms with Crippen molar-refractivity contribution >= 4 is 16.9 Å². The Bertz CT molecular complexity index is 1100. The average molecular weight is 476 g/mol. The van der Waals surface area contributed by atoms with Crippen LogP contribution in [0, 0.1) is 11.8 Å². The third kappa shape index (κ3) is 3.92. The highest BCUT2D eigenvalue weighted by molar-refractivity contribution is 5.76. The van der Waals surface area contributed by atoms with Crippen LogP contribution in [0.15, 0.2) is 29.1 Å². The van der Waals surface area contributed by atoms with Crippen molar-refractivity contribution in [3.05, 3.63) is 34.6 Å². The molecule has 6 nitrogen and oxygen atoms in total. The minimum Gasteiger partial charge on any atom is -0.351 e. The highest BCUT2D eigenvalue weighted by Gasteiger charge is 2.45. The molecule has 188 valence electrons. The smallest absolute Gasteiger partial charge is 0.294 e. The number of rotatable bonds is 3. The fourth-order valence-corrected chi connectivity index (χ4v) is 8.46. The minimum absolute atomic E-state index is 0.153. The number of nitrogens with one attached hydrogen (secondary N) is 1. The fraction of sp³-hybridized carbons (Fsp3) is 0.724. The Morgan fingerprint density at radius 2 is 1.43 bits per heavy atom. The number of nitrogens with zero attached hydrogens (tertiary/aromatic N) is 4. The van der Waals surface area contributed by atoms with E-state index < -0.39 is 0 Å². The molecule has 2 aromatic rings. The van der Waals surface area contributed by atoms with Crippen LogP contribution in [0.4, 0.5) is 5.82 Å². The van der Waals surface area contributed by atoms with Crippen LogP contribution in [0.25, 0.3) is 11.0 Å². The Morgan fingerprint density at radius 1 is 0.771 bits per heavy atom. The number of benzene rings is 1. The maximum absolute atomic E-state index is 14.1. The molecule has 6 heteroatoms. The average Bonchev–Trinajstić information content (AvgIpc) is 3.51. The van der Waals surface area contributed by atoms with Gasteiger partial charge in [-0.3, -0.25) is 9.69 Å². The van der Waals surface area contributed by atoms with E-state index in [1.165, 1.54) is 57.8 Å². The number of aromatic nitrogens is 2. The molecule has 5 heterocycles. The number of hydrogen-bond donors (Lipinski definition) is 1. The van der Waals surface area contributed by atoms with E-state index in [4.69, 9.17) is 4.98 Å². The molecule has 7 rings (SSSR count). The van der Waals surface area contributed by atoms with E-state index in [2.05, 4.69) is 43.9 Å². The first-order chi connectivity index (χ1) is 17.3. The second kappa shape index (κ2) is 9.19. The van der Waals surface area contributed by atoms with Crippen LogP contribution in [-0.2, 0) is 0 Å². The van der Waals surface area contributed by atoms with Crippen LogP contribution >= 0.6 is 0 Å². The molecular weight excluding hydrogens is 434 g/mol. The van der Waals surface area contributed by atoms with Crippen LogP contribution in [0.3, 0.4) is 0 Å². The van der Waals surface area contributed by atoms with Gasteiger partial charge in [-0.15, -0.1) is 0 Å². The summed E-state index contributed by atoms with van der Waals surface area (Å²) in [6.07, 6.45) is 14.7. The van der Waals surface area contributed by atoms with Gasteiger partial charge in [-0.25, -0.2) is 4.98 Å². The molecule has 4 saturated heterocycles. The second-order valence-electron chi connectivity index (χ2n) is 12.1. The summed E-state index contributed by atoms with van der Waals surface area (Å²) < 4.78 is 2.19. The summed E-state index contributed by atoms with van der Waals surface area (Å²) in [4.78, 5) is 24.3. The third-order valence-electron chi connectivity index (χ3n) is 10.1. The van der Waals surface area contributed by atoms with E-state index in [1.807, 2.05) is 0 Å². The van der Waals surface area contributed by atoms with E-state index >= 15 is 0 Å². The summed E-state index contributed by atoms with van der Waals surface area (Å²) in [5.41, 5.74) is 2.17. The van der Waals surface area contributed by atoms with Gasteiger partial charge in [0.25, 0.3) is 5.56 Å². The van der Waals surface area contributed by atoms with Crippen molar-refractivity contribution in [3.63, 3.8) is 0 Å². The standard InChI is InChI=1S/C29H41N5O/c35-29-28(32-18-20-16-30-17-21(20)19-32)31-26-10-6-7-11-27(26)34(29)25-14-23-12-13-24(15-25)33(23)22-8-4-2-1-3-5-9-22/h6-7,10-11,20-25,30H,1-5,8-9,12-19H2. The van der Waals surface area contributed by atoms with Crippen LogP contribution in [0.2, 0.25) is 0 Å². The summed E-state index contributed by atoms with van der Waals surface area (Å²) in [7, 11) is 0. The quantitative estimate of drug-likeness (QED) is 0.716. The highest BCUT2D eigenvalue weighted by Crippen LogP contribution is 2.44. The fourth-order valence-electron chi connectivity index (χ4n) is 8.46. The monoisotopic (exact) mass is 475 g/mol. The van der Waals surface area contributed by atoms with Gasteiger partial charge >= 0.3 is 0 Å². The summed E-state index contributed by atoms with van der Waals surface area (Å²) in [5.74, 6) is 2.01. The van der Waals surface area contributed by atoms with Crippen molar-refractivity contribution in [1.82, 2.24) is 19.8 Å². The maximum Gasteiger partial charge on any atom is 0.294 e. The molecule has 5 fully saturated rings. The van der Waals surface area contributed by atoms with Gasteiger partial charge in [-0.05, 0) is 62.5 Å². The van der Waals surface area contributed by atoms with Crippen LogP contribution < -0.4 is 15.8 Å². The van der Waals surface area contributed by atoms with E-state index in [-0.39, 0.29) is 5.56 Å². The highest BCUT2D eigenvalue weighted by atomic mass is 16.1.